The van der Waals surface area contributed by atoms with Crippen LogP contribution in [0.15, 0.2) is 36.0 Å². The van der Waals surface area contributed by atoms with Crippen LogP contribution in [0.1, 0.15) is 22.4 Å². The van der Waals surface area contributed by atoms with E-state index in [0.717, 1.165) is 40.2 Å². The van der Waals surface area contributed by atoms with Crippen molar-refractivity contribution in [3.05, 3.63) is 63.4 Å². The maximum Gasteiger partial charge on any atom is 0.205 e. The lowest BCUT2D eigenvalue weighted by molar-refractivity contribution is 0.881. The Morgan fingerprint density at radius 3 is 2.96 bits per heavy atom. The molecule has 0 radical (unpaired) electrons. The first-order chi connectivity index (χ1) is 11.2. The minimum atomic E-state index is 0.612. The molecule has 2 heterocycles. The van der Waals surface area contributed by atoms with Gasteiger partial charge in [0.15, 0.2) is 0 Å². The molecule has 1 N–H and O–H groups in total. The molecule has 1 aromatic carbocycles. The van der Waals surface area contributed by atoms with E-state index in [2.05, 4.69) is 43.8 Å². The van der Waals surface area contributed by atoms with E-state index in [0.29, 0.717) is 5.82 Å². The van der Waals surface area contributed by atoms with Crippen LogP contribution in [0, 0.1) is 6.92 Å². The number of tetrazole rings is 1. The largest absolute Gasteiger partial charge is 0.257 e. The Morgan fingerprint density at radius 2 is 2.17 bits per heavy atom. The number of nitrogens with zero attached hydrogens (tertiary/aromatic N) is 4. The molecular weight excluding hydrogens is 310 g/mol. The van der Waals surface area contributed by atoms with Gasteiger partial charge in [0.1, 0.15) is 0 Å². The van der Waals surface area contributed by atoms with Crippen molar-refractivity contribution >= 4 is 17.7 Å². The Labute approximate surface area is 138 Å². The minimum Gasteiger partial charge on any atom is -0.257 e. The van der Waals surface area contributed by atoms with Gasteiger partial charge >= 0.3 is 0 Å². The average Bonchev–Trinajstić information content (AvgIpc) is 3.19. The van der Waals surface area contributed by atoms with E-state index in [-0.39, 0.29) is 0 Å². The number of halogens is 1. The topological polar surface area (TPSA) is 67.3 Å². The average molecular weight is 324 g/mol. The fourth-order valence-corrected chi connectivity index (χ4v) is 3.09. The first-order valence-corrected chi connectivity index (χ1v) is 7.74. The number of aryl methyl sites for hydroxylation is 1. The highest BCUT2D eigenvalue weighted by Gasteiger charge is 2.20. The number of aromatic nitrogens is 5. The molecule has 0 spiro atoms. The van der Waals surface area contributed by atoms with Gasteiger partial charge in [0.05, 0.1) is 5.69 Å². The molecule has 0 amide bonds. The van der Waals surface area contributed by atoms with Gasteiger partial charge in [0, 0.05) is 16.8 Å². The summed E-state index contributed by atoms with van der Waals surface area (Å²) in [6.45, 7) is 2.03. The first-order valence-electron chi connectivity index (χ1n) is 7.37. The molecule has 4 rings (SSSR count). The van der Waals surface area contributed by atoms with Crippen LogP contribution in [0.2, 0.25) is 5.02 Å². The normalized spacial score (nSPS) is 13.0. The summed E-state index contributed by atoms with van der Waals surface area (Å²) in [4.78, 5) is 4.47. The van der Waals surface area contributed by atoms with Gasteiger partial charge in [-0.3, -0.25) is 4.98 Å². The number of H-pyrrole nitrogens is 1. The molecular formula is C17H14ClN5. The maximum atomic E-state index is 6.10. The third-order valence-corrected chi connectivity index (χ3v) is 4.50. The van der Waals surface area contributed by atoms with Crippen molar-refractivity contribution in [3.63, 3.8) is 0 Å². The number of hydrogen-bond acceptors (Lipinski definition) is 4. The molecule has 5 nitrogen and oxygen atoms in total. The minimum absolute atomic E-state index is 0.612. The zero-order valence-corrected chi connectivity index (χ0v) is 13.3. The van der Waals surface area contributed by atoms with Crippen molar-refractivity contribution in [2.75, 3.05) is 0 Å². The molecule has 114 valence electrons. The van der Waals surface area contributed by atoms with Gasteiger partial charge in [-0.2, -0.15) is 5.21 Å². The molecule has 1 aliphatic rings. The number of allylic oxidation sites excluding steroid dienone is 1. The van der Waals surface area contributed by atoms with Crippen molar-refractivity contribution in [1.82, 2.24) is 25.6 Å². The number of fused-ring (bicyclic) bond motifs is 1. The predicted molar refractivity (Wildman–Crippen MR) is 89.0 cm³/mol. The van der Waals surface area contributed by atoms with Gasteiger partial charge in [0.25, 0.3) is 0 Å². The predicted octanol–water partition coefficient (Wildman–Crippen LogP) is 3.41. The lowest BCUT2D eigenvalue weighted by Gasteiger charge is -2.06. The van der Waals surface area contributed by atoms with E-state index in [9.17, 15) is 0 Å². The lowest BCUT2D eigenvalue weighted by Crippen LogP contribution is -1.96. The molecule has 0 saturated heterocycles. The second kappa shape index (κ2) is 5.59. The summed E-state index contributed by atoms with van der Waals surface area (Å²) in [6.07, 6.45) is 5.69. The highest BCUT2D eigenvalue weighted by molar-refractivity contribution is 6.31. The van der Waals surface area contributed by atoms with Crippen molar-refractivity contribution in [2.45, 2.75) is 19.8 Å². The molecule has 0 fully saturated rings. The highest BCUT2D eigenvalue weighted by atomic mass is 35.5. The van der Waals surface area contributed by atoms with E-state index < -0.39 is 0 Å². The van der Waals surface area contributed by atoms with Gasteiger partial charge < -0.3 is 0 Å². The Morgan fingerprint density at radius 1 is 1.26 bits per heavy atom. The smallest absolute Gasteiger partial charge is 0.205 e. The van der Waals surface area contributed by atoms with Gasteiger partial charge in [-0.15, -0.1) is 10.2 Å². The van der Waals surface area contributed by atoms with Crippen LogP contribution in [0.5, 0.6) is 0 Å². The summed E-state index contributed by atoms with van der Waals surface area (Å²) in [7, 11) is 0. The quantitative estimate of drug-likeness (QED) is 0.802. The maximum absolute atomic E-state index is 6.10. The van der Waals surface area contributed by atoms with Crippen LogP contribution in [-0.4, -0.2) is 25.6 Å². The van der Waals surface area contributed by atoms with Crippen molar-refractivity contribution in [3.8, 4) is 11.4 Å². The fraction of sp³-hybridized carbons (Fsp3) is 0.176. The molecule has 0 atom stereocenters. The molecule has 23 heavy (non-hydrogen) atoms. The lowest BCUT2D eigenvalue weighted by atomic mass is 10.00. The summed E-state index contributed by atoms with van der Waals surface area (Å²) in [6, 6.07) is 8.11. The number of hydrogen-bond donors (Lipinski definition) is 1. The van der Waals surface area contributed by atoms with E-state index >= 15 is 0 Å². The monoisotopic (exact) mass is 323 g/mol. The summed E-state index contributed by atoms with van der Waals surface area (Å²) in [5.74, 6) is 0.612. The third kappa shape index (κ3) is 2.64. The standard InChI is InChI=1S/C17H14ClN5/c1-10-6-11(2-3-15(10)18)7-12-8-14-13(17-20-22-23-21-17)4-5-19-16(14)9-12/h2-6,9H,7-8H2,1H3,(H,20,21,22,23). The number of nitrogens with one attached hydrogen (secondary N) is 1. The van der Waals surface area contributed by atoms with Crippen LogP contribution in [0.4, 0.5) is 0 Å². The van der Waals surface area contributed by atoms with E-state index in [1.807, 2.05) is 19.1 Å². The number of benzene rings is 1. The van der Waals surface area contributed by atoms with Crippen molar-refractivity contribution < 1.29 is 0 Å². The Hall–Kier alpha value is -2.53. The van der Waals surface area contributed by atoms with Crippen LogP contribution in [0.3, 0.4) is 0 Å². The molecule has 0 bridgehead atoms. The van der Waals surface area contributed by atoms with Crippen molar-refractivity contribution in [1.29, 1.82) is 0 Å². The summed E-state index contributed by atoms with van der Waals surface area (Å²) in [5.41, 5.74) is 6.83. The number of aromatic amines is 1. The molecule has 0 aliphatic heterocycles. The summed E-state index contributed by atoms with van der Waals surface area (Å²) in [5, 5.41) is 15.1. The van der Waals surface area contributed by atoms with Crippen LogP contribution in [-0.2, 0) is 12.8 Å². The Bertz CT molecular complexity index is 899. The first kappa shape index (κ1) is 14.1. The van der Waals surface area contributed by atoms with E-state index in [1.165, 1.54) is 11.1 Å². The number of pyridine rings is 1. The SMILES string of the molecule is Cc1cc(CC2=Cc3nccc(-c4nn[nH]n4)c3C2)ccc1Cl. The van der Waals surface area contributed by atoms with Gasteiger partial charge in [-0.05, 0) is 59.9 Å². The van der Waals surface area contributed by atoms with Crippen LogP contribution in [0.25, 0.3) is 17.5 Å². The molecule has 0 unspecified atom stereocenters. The molecule has 1 aliphatic carbocycles. The highest BCUT2D eigenvalue weighted by Crippen LogP contribution is 2.32. The summed E-state index contributed by atoms with van der Waals surface area (Å²) >= 11 is 6.10. The zero-order valence-electron chi connectivity index (χ0n) is 12.5. The van der Waals surface area contributed by atoms with Gasteiger partial charge in [-0.25, -0.2) is 0 Å². The van der Waals surface area contributed by atoms with Crippen LogP contribution < -0.4 is 0 Å². The zero-order chi connectivity index (χ0) is 15.8. The Kier molecular flexibility index (Phi) is 3.42. The van der Waals surface area contributed by atoms with Gasteiger partial charge in [-0.1, -0.05) is 29.3 Å². The van der Waals surface area contributed by atoms with E-state index in [4.69, 9.17) is 11.6 Å². The fourth-order valence-electron chi connectivity index (χ4n) is 2.97. The third-order valence-electron chi connectivity index (χ3n) is 4.07. The number of rotatable bonds is 3. The molecule has 3 aromatic rings. The Balaban J connectivity index is 1.62. The summed E-state index contributed by atoms with van der Waals surface area (Å²) < 4.78 is 0. The van der Waals surface area contributed by atoms with Crippen molar-refractivity contribution in [2.24, 2.45) is 0 Å². The van der Waals surface area contributed by atoms with Crippen LogP contribution >= 0.6 is 11.6 Å². The second-order valence-corrected chi connectivity index (χ2v) is 6.10. The molecule has 2 aromatic heterocycles. The van der Waals surface area contributed by atoms with Gasteiger partial charge in [0.2, 0.25) is 5.82 Å². The molecule has 6 heteroatoms. The second-order valence-electron chi connectivity index (χ2n) is 5.70. The molecule has 0 saturated carbocycles. The van der Waals surface area contributed by atoms with E-state index in [1.54, 1.807) is 6.20 Å².